The minimum Gasteiger partial charge on any atom is -0.321 e. The van der Waals surface area contributed by atoms with Crippen LogP contribution in [0.25, 0.3) is 0 Å². The van der Waals surface area contributed by atoms with Crippen molar-refractivity contribution >= 4 is 0 Å². The molecule has 0 radical (unpaired) electrons. The van der Waals surface area contributed by atoms with Crippen LogP contribution >= 0.6 is 0 Å². The quantitative estimate of drug-likeness (QED) is 0.895. The first-order valence-electron chi connectivity index (χ1n) is 6.25. The van der Waals surface area contributed by atoms with Crippen LogP contribution in [0.2, 0.25) is 0 Å². The molecule has 2 N–H and O–H groups in total. The normalized spacial score (nSPS) is 14.2. The number of benzene rings is 1. The van der Waals surface area contributed by atoms with E-state index in [2.05, 4.69) is 44.0 Å². The first-order valence-corrected chi connectivity index (χ1v) is 6.25. The van der Waals surface area contributed by atoms with Crippen LogP contribution in [0.4, 0.5) is 0 Å². The Morgan fingerprint density at radius 2 is 1.94 bits per heavy atom. The van der Waals surface area contributed by atoms with Gasteiger partial charge in [-0.2, -0.15) is 0 Å². The molecule has 2 rings (SSSR count). The molecule has 0 saturated carbocycles. The van der Waals surface area contributed by atoms with Gasteiger partial charge < -0.3 is 5.73 Å². The molecule has 2 nitrogen and oxygen atoms in total. The second kappa shape index (κ2) is 4.91. The van der Waals surface area contributed by atoms with E-state index in [1.807, 2.05) is 24.4 Å². The summed E-state index contributed by atoms with van der Waals surface area (Å²) in [4.78, 5) is 4.36. The zero-order valence-corrected chi connectivity index (χ0v) is 11.3. The van der Waals surface area contributed by atoms with Crippen LogP contribution in [0, 0.1) is 13.8 Å². The Morgan fingerprint density at radius 1 is 1.17 bits per heavy atom. The Kier molecular flexibility index (Phi) is 3.48. The van der Waals surface area contributed by atoms with E-state index in [0.717, 1.165) is 12.1 Å². The maximum Gasteiger partial charge on any atom is 0.0439 e. The zero-order chi connectivity index (χ0) is 13.2. The fourth-order valence-corrected chi connectivity index (χ4v) is 2.33. The maximum absolute atomic E-state index is 6.50. The predicted molar refractivity (Wildman–Crippen MR) is 75.4 cm³/mol. The molecule has 0 spiro atoms. The summed E-state index contributed by atoms with van der Waals surface area (Å²) in [7, 11) is 0. The van der Waals surface area contributed by atoms with E-state index in [1.54, 1.807) is 0 Å². The van der Waals surface area contributed by atoms with Crippen molar-refractivity contribution in [1.29, 1.82) is 0 Å². The Balaban J connectivity index is 2.33. The zero-order valence-electron chi connectivity index (χ0n) is 11.3. The number of aryl methyl sites for hydroxylation is 2. The van der Waals surface area contributed by atoms with Gasteiger partial charge in [0.25, 0.3) is 0 Å². The summed E-state index contributed by atoms with van der Waals surface area (Å²) in [5, 5.41) is 0. The van der Waals surface area contributed by atoms with E-state index in [4.69, 9.17) is 5.73 Å². The van der Waals surface area contributed by atoms with Crippen molar-refractivity contribution in [2.75, 3.05) is 0 Å². The van der Waals surface area contributed by atoms with Crippen LogP contribution in [-0.2, 0) is 12.0 Å². The predicted octanol–water partition coefficient (Wildman–Crippen LogP) is 3.12. The number of hydrogen-bond acceptors (Lipinski definition) is 2. The fourth-order valence-electron chi connectivity index (χ4n) is 2.33. The number of rotatable bonds is 3. The van der Waals surface area contributed by atoms with Gasteiger partial charge in [0, 0.05) is 23.9 Å². The van der Waals surface area contributed by atoms with Crippen LogP contribution in [0.15, 0.2) is 42.6 Å². The largest absolute Gasteiger partial charge is 0.321 e. The average molecular weight is 240 g/mol. The van der Waals surface area contributed by atoms with Crippen LogP contribution in [-0.4, -0.2) is 4.98 Å². The first kappa shape index (κ1) is 12.8. The van der Waals surface area contributed by atoms with Gasteiger partial charge in [0.05, 0.1) is 0 Å². The lowest BCUT2D eigenvalue weighted by Crippen LogP contribution is -2.36. The Bertz CT molecular complexity index is 530. The second-order valence-corrected chi connectivity index (χ2v) is 5.23. The number of hydrogen-bond donors (Lipinski definition) is 1. The molecule has 2 aromatic rings. The Hall–Kier alpha value is -1.67. The molecule has 18 heavy (non-hydrogen) atoms. The molecule has 0 fully saturated rings. The minimum absolute atomic E-state index is 0.384. The van der Waals surface area contributed by atoms with Crippen molar-refractivity contribution in [3.05, 3.63) is 65.0 Å². The van der Waals surface area contributed by atoms with Gasteiger partial charge in [-0.15, -0.1) is 0 Å². The fraction of sp³-hybridized carbons (Fsp3) is 0.312. The lowest BCUT2D eigenvalue weighted by molar-refractivity contribution is 0.482. The monoisotopic (exact) mass is 240 g/mol. The van der Waals surface area contributed by atoms with Gasteiger partial charge >= 0.3 is 0 Å². The molecule has 0 bridgehead atoms. The van der Waals surface area contributed by atoms with E-state index in [0.29, 0.717) is 0 Å². The topological polar surface area (TPSA) is 38.9 Å². The first-order chi connectivity index (χ1) is 8.49. The van der Waals surface area contributed by atoms with E-state index in [-0.39, 0.29) is 5.54 Å². The molecule has 0 aliphatic heterocycles. The molecule has 0 aliphatic carbocycles. The third-order valence-electron chi connectivity index (χ3n) is 3.28. The van der Waals surface area contributed by atoms with Crippen LogP contribution in [0.3, 0.4) is 0 Å². The molecular weight excluding hydrogens is 220 g/mol. The third-order valence-corrected chi connectivity index (χ3v) is 3.28. The van der Waals surface area contributed by atoms with Gasteiger partial charge in [0.1, 0.15) is 0 Å². The van der Waals surface area contributed by atoms with Crippen LogP contribution in [0.5, 0.6) is 0 Å². The third kappa shape index (κ3) is 2.77. The van der Waals surface area contributed by atoms with Crippen molar-refractivity contribution in [1.82, 2.24) is 4.98 Å². The lowest BCUT2D eigenvalue weighted by Gasteiger charge is -2.27. The number of nitrogens with two attached hydrogens (primary N) is 1. The molecule has 0 aliphatic rings. The van der Waals surface area contributed by atoms with Crippen molar-refractivity contribution in [3.8, 4) is 0 Å². The summed E-state index contributed by atoms with van der Waals surface area (Å²) < 4.78 is 0. The van der Waals surface area contributed by atoms with E-state index < -0.39 is 0 Å². The van der Waals surface area contributed by atoms with Gasteiger partial charge in [-0.3, -0.25) is 4.98 Å². The molecule has 0 saturated heterocycles. The van der Waals surface area contributed by atoms with E-state index >= 15 is 0 Å². The number of pyridine rings is 1. The minimum atomic E-state index is -0.384. The van der Waals surface area contributed by atoms with Gasteiger partial charge in [-0.1, -0.05) is 29.8 Å². The highest BCUT2D eigenvalue weighted by Crippen LogP contribution is 2.25. The van der Waals surface area contributed by atoms with Crippen molar-refractivity contribution in [2.45, 2.75) is 32.7 Å². The molecule has 94 valence electrons. The van der Waals surface area contributed by atoms with Crippen LogP contribution < -0.4 is 5.73 Å². The highest BCUT2D eigenvalue weighted by atomic mass is 14.8. The molecular formula is C16H20N2. The molecule has 1 heterocycles. The summed E-state index contributed by atoms with van der Waals surface area (Å²) in [6.45, 7) is 6.28. The van der Waals surface area contributed by atoms with Crippen molar-refractivity contribution in [3.63, 3.8) is 0 Å². The number of nitrogens with zero attached hydrogens (tertiary/aromatic N) is 1. The molecule has 2 heteroatoms. The molecule has 1 aromatic carbocycles. The maximum atomic E-state index is 6.50. The van der Waals surface area contributed by atoms with Gasteiger partial charge in [0.2, 0.25) is 0 Å². The van der Waals surface area contributed by atoms with Gasteiger partial charge in [-0.25, -0.2) is 0 Å². The van der Waals surface area contributed by atoms with Crippen LogP contribution in [0.1, 0.15) is 29.3 Å². The summed E-state index contributed by atoms with van der Waals surface area (Å²) in [5.41, 5.74) is 10.8. The summed E-state index contributed by atoms with van der Waals surface area (Å²) in [6, 6.07) is 12.4. The highest BCUT2D eigenvalue weighted by Gasteiger charge is 2.24. The highest BCUT2D eigenvalue weighted by molar-refractivity contribution is 5.36. The molecule has 1 unspecified atom stereocenters. The Labute approximate surface area is 109 Å². The summed E-state index contributed by atoms with van der Waals surface area (Å²) in [6.07, 6.45) is 2.56. The van der Waals surface area contributed by atoms with Crippen molar-refractivity contribution < 1.29 is 0 Å². The summed E-state index contributed by atoms with van der Waals surface area (Å²) in [5.74, 6) is 0. The smallest absolute Gasteiger partial charge is 0.0439 e. The number of aromatic nitrogens is 1. The molecule has 1 atom stereocenters. The average Bonchev–Trinajstić information content (AvgIpc) is 2.33. The van der Waals surface area contributed by atoms with Gasteiger partial charge in [-0.05, 0) is 44.0 Å². The van der Waals surface area contributed by atoms with Gasteiger partial charge in [0.15, 0.2) is 0 Å². The molecule has 0 amide bonds. The van der Waals surface area contributed by atoms with E-state index in [9.17, 15) is 0 Å². The molecule has 1 aromatic heterocycles. The summed E-state index contributed by atoms with van der Waals surface area (Å²) >= 11 is 0. The van der Waals surface area contributed by atoms with E-state index in [1.165, 1.54) is 16.7 Å². The second-order valence-electron chi connectivity index (χ2n) is 5.23. The van der Waals surface area contributed by atoms with Crippen molar-refractivity contribution in [2.24, 2.45) is 5.73 Å². The standard InChI is InChI=1S/C16H20N2/c1-12-7-8-13(2)15(10-12)16(3,17)11-14-6-4-5-9-18-14/h4-10H,11,17H2,1-3H3. The lowest BCUT2D eigenvalue weighted by atomic mass is 9.84. The SMILES string of the molecule is Cc1ccc(C)c(C(C)(N)Cc2ccccn2)c1. The Morgan fingerprint density at radius 3 is 2.61 bits per heavy atom.